The largest absolute Gasteiger partial charge is 0.325 e. The normalized spacial score (nSPS) is 19.1. The number of halogens is 1. The van der Waals surface area contributed by atoms with Gasteiger partial charge in [-0.1, -0.05) is 53.4 Å². The SMILES string of the molecule is O=C(Nc1ccccc1)C1(Br)CCCCC1. The third-order valence-electron chi connectivity index (χ3n) is 3.08. The van der Waals surface area contributed by atoms with Gasteiger partial charge in [0.2, 0.25) is 5.91 Å². The van der Waals surface area contributed by atoms with Crippen molar-refractivity contribution in [2.75, 3.05) is 5.32 Å². The Hall–Kier alpha value is -0.830. The van der Waals surface area contributed by atoms with Crippen molar-refractivity contribution in [2.24, 2.45) is 0 Å². The highest BCUT2D eigenvalue weighted by atomic mass is 79.9. The lowest BCUT2D eigenvalue weighted by Crippen LogP contribution is -2.38. The quantitative estimate of drug-likeness (QED) is 0.823. The number of benzene rings is 1. The van der Waals surface area contributed by atoms with Crippen molar-refractivity contribution in [1.29, 1.82) is 0 Å². The topological polar surface area (TPSA) is 29.1 Å². The van der Waals surface area contributed by atoms with Crippen LogP contribution in [0.1, 0.15) is 32.1 Å². The van der Waals surface area contributed by atoms with Crippen molar-refractivity contribution in [2.45, 2.75) is 36.4 Å². The Morgan fingerprint density at radius 2 is 1.75 bits per heavy atom. The van der Waals surface area contributed by atoms with E-state index >= 15 is 0 Å². The average molecular weight is 282 g/mol. The van der Waals surface area contributed by atoms with Crippen molar-refractivity contribution in [3.05, 3.63) is 30.3 Å². The molecule has 1 aromatic carbocycles. The molecule has 1 saturated carbocycles. The van der Waals surface area contributed by atoms with Crippen LogP contribution in [0.4, 0.5) is 5.69 Å². The van der Waals surface area contributed by atoms with Crippen LogP contribution < -0.4 is 5.32 Å². The molecule has 16 heavy (non-hydrogen) atoms. The van der Waals surface area contributed by atoms with Crippen LogP contribution in [0.3, 0.4) is 0 Å². The predicted octanol–water partition coefficient (Wildman–Crippen LogP) is 3.72. The molecule has 0 aromatic heterocycles. The predicted molar refractivity (Wildman–Crippen MR) is 69.8 cm³/mol. The van der Waals surface area contributed by atoms with Gasteiger partial charge in [-0.25, -0.2) is 0 Å². The van der Waals surface area contributed by atoms with E-state index in [1.54, 1.807) is 0 Å². The number of para-hydroxylation sites is 1. The summed E-state index contributed by atoms with van der Waals surface area (Å²) in [5, 5.41) is 2.97. The van der Waals surface area contributed by atoms with Gasteiger partial charge in [-0.15, -0.1) is 0 Å². The highest BCUT2D eigenvalue weighted by Crippen LogP contribution is 2.36. The molecule has 0 bridgehead atoms. The summed E-state index contributed by atoms with van der Waals surface area (Å²) in [6.07, 6.45) is 5.38. The van der Waals surface area contributed by atoms with Gasteiger partial charge in [0.25, 0.3) is 0 Å². The molecule has 0 saturated heterocycles. The van der Waals surface area contributed by atoms with Crippen LogP contribution in [0.2, 0.25) is 0 Å². The number of rotatable bonds is 2. The molecule has 2 rings (SSSR count). The second-order valence-corrected chi connectivity index (χ2v) is 5.86. The van der Waals surface area contributed by atoms with Crippen molar-refractivity contribution in [3.63, 3.8) is 0 Å². The molecule has 86 valence electrons. The first kappa shape index (κ1) is 11.6. The van der Waals surface area contributed by atoms with Crippen LogP contribution in [0, 0.1) is 0 Å². The van der Waals surface area contributed by atoms with Crippen LogP contribution in [0.5, 0.6) is 0 Å². The monoisotopic (exact) mass is 281 g/mol. The molecular weight excluding hydrogens is 266 g/mol. The Labute approximate surface area is 105 Å². The van der Waals surface area contributed by atoms with Crippen molar-refractivity contribution < 1.29 is 4.79 Å². The van der Waals surface area contributed by atoms with Gasteiger partial charge in [-0.05, 0) is 25.0 Å². The molecule has 1 fully saturated rings. The fourth-order valence-corrected chi connectivity index (χ4v) is 2.76. The zero-order chi connectivity index (χ0) is 11.4. The van der Waals surface area contributed by atoms with Gasteiger partial charge < -0.3 is 5.32 Å². The minimum absolute atomic E-state index is 0.0957. The Kier molecular flexibility index (Phi) is 3.64. The lowest BCUT2D eigenvalue weighted by atomic mass is 9.88. The van der Waals surface area contributed by atoms with E-state index in [0.29, 0.717) is 0 Å². The van der Waals surface area contributed by atoms with Gasteiger partial charge in [-0.3, -0.25) is 4.79 Å². The zero-order valence-electron chi connectivity index (χ0n) is 9.21. The second kappa shape index (κ2) is 5.00. The number of carbonyl (C=O) groups is 1. The maximum absolute atomic E-state index is 12.1. The Balaban J connectivity index is 2.02. The molecule has 1 N–H and O–H groups in total. The first-order valence-corrected chi connectivity index (χ1v) is 6.55. The summed E-state index contributed by atoms with van der Waals surface area (Å²) in [6.45, 7) is 0. The number of alkyl halides is 1. The van der Waals surface area contributed by atoms with E-state index < -0.39 is 0 Å². The van der Waals surface area contributed by atoms with Gasteiger partial charge in [0, 0.05) is 5.69 Å². The first-order chi connectivity index (χ1) is 7.71. The number of nitrogens with one attached hydrogen (secondary N) is 1. The van der Waals surface area contributed by atoms with Gasteiger partial charge in [0.1, 0.15) is 4.32 Å². The molecular formula is C13H16BrNO. The molecule has 0 unspecified atom stereocenters. The minimum Gasteiger partial charge on any atom is -0.325 e. The summed E-state index contributed by atoms with van der Waals surface area (Å²) in [5.74, 6) is 0.0957. The summed E-state index contributed by atoms with van der Waals surface area (Å²) >= 11 is 3.61. The fraction of sp³-hybridized carbons (Fsp3) is 0.462. The minimum atomic E-state index is -0.346. The summed E-state index contributed by atoms with van der Waals surface area (Å²) in [6, 6.07) is 9.63. The molecule has 0 heterocycles. The zero-order valence-corrected chi connectivity index (χ0v) is 10.8. The fourth-order valence-electron chi connectivity index (χ4n) is 2.10. The van der Waals surface area contributed by atoms with E-state index in [0.717, 1.165) is 31.4 Å². The smallest absolute Gasteiger partial charge is 0.241 e. The van der Waals surface area contributed by atoms with Crippen LogP contribution in [0.25, 0.3) is 0 Å². The summed E-state index contributed by atoms with van der Waals surface area (Å²) in [4.78, 5) is 12.1. The molecule has 0 aliphatic heterocycles. The molecule has 0 radical (unpaired) electrons. The Morgan fingerprint density at radius 3 is 2.38 bits per heavy atom. The molecule has 1 aromatic rings. The van der Waals surface area contributed by atoms with Gasteiger partial charge in [0.05, 0.1) is 0 Å². The number of carbonyl (C=O) groups excluding carboxylic acids is 1. The van der Waals surface area contributed by atoms with Crippen LogP contribution >= 0.6 is 15.9 Å². The third-order valence-corrected chi connectivity index (χ3v) is 4.24. The van der Waals surface area contributed by atoms with Gasteiger partial charge in [0.15, 0.2) is 0 Å². The van der Waals surface area contributed by atoms with E-state index in [1.165, 1.54) is 6.42 Å². The lowest BCUT2D eigenvalue weighted by molar-refractivity contribution is -0.118. The van der Waals surface area contributed by atoms with Crippen LogP contribution in [0.15, 0.2) is 30.3 Å². The second-order valence-electron chi connectivity index (χ2n) is 4.35. The average Bonchev–Trinajstić information content (AvgIpc) is 2.31. The molecule has 1 aliphatic rings. The van der Waals surface area contributed by atoms with E-state index in [4.69, 9.17) is 0 Å². The van der Waals surface area contributed by atoms with Gasteiger partial charge in [-0.2, -0.15) is 0 Å². The van der Waals surface area contributed by atoms with E-state index in [9.17, 15) is 4.79 Å². The van der Waals surface area contributed by atoms with Crippen molar-refractivity contribution in [3.8, 4) is 0 Å². The first-order valence-electron chi connectivity index (χ1n) is 5.76. The molecule has 1 aliphatic carbocycles. The molecule has 1 amide bonds. The summed E-state index contributed by atoms with van der Waals surface area (Å²) in [7, 11) is 0. The maximum Gasteiger partial charge on any atom is 0.241 e. The highest BCUT2D eigenvalue weighted by molar-refractivity contribution is 9.10. The standard InChI is InChI=1S/C13H16BrNO/c14-13(9-5-2-6-10-13)12(16)15-11-7-3-1-4-8-11/h1,3-4,7-8H,2,5-6,9-10H2,(H,15,16). The van der Waals surface area contributed by atoms with Crippen molar-refractivity contribution in [1.82, 2.24) is 0 Å². The van der Waals surface area contributed by atoms with E-state index in [-0.39, 0.29) is 10.2 Å². The number of anilines is 1. The Morgan fingerprint density at radius 1 is 1.12 bits per heavy atom. The summed E-state index contributed by atoms with van der Waals surface area (Å²) in [5.41, 5.74) is 0.872. The van der Waals surface area contributed by atoms with Gasteiger partial charge >= 0.3 is 0 Å². The molecule has 3 heteroatoms. The number of hydrogen-bond donors (Lipinski definition) is 1. The lowest BCUT2D eigenvalue weighted by Gasteiger charge is -2.30. The third kappa shape index (κ3) is 2.64. The molecule has 0 spiro atoms. The van der Waals surface area contributed by atoms with Crippen LogP contribution in [-0.2, 0) is 4.79 Å². The molecule has 0 atom stereocenters. The number of amides is 1. The number of hydrogen-bond acceptors (Lipinski definition) is 1. The highest BCUT2D eigenvalue weighted by Gasteiger charge is 2.36. The molecule has 2 nitrogen and oxygen atoms in total. The van der Waals surface area contributed by atoms with E-state index in [2.05, 4.69) is 21.2 Å². The van der Waals surface area contributed by atoms with E-state index in [1.807, 2.05) is 30.3 Å². The summed E-state index contributed by atoms with van der Waals surface area (Å²) < 4.78 is -0.346. The van der Waals surface area contributed by atoms with Crippen molar-refractivity contribution >= 4 is 27.5 Å². The maximum atomic E-state index is 12.1. The van der Waals surface area contributed by atoms with Crippen LogP contribution in [-0.4, -0.2) is 10.2 Å². The Bertz CT molecular complexity index is 357.